The third-order valence-electron chi connectivity index (χ3n) is 3.60. The second kappa shape index (κ2) is 8.72. The van der Waals surface area contributed by atoms with Crippen molar-refractivity contribution in [3.63, 3.8) is 0 Å². The number of carboxylic acids is 1. The van der Waals surface area contributed by atoms with Gasteiger partial charge in [0.25, 0.3) is 0 Å². The molecular formula is C19H21NO4. The molecule has 0 aliphatic carbocycles. The first-order valence-corrected chi connectivity index (χ1v) is 7.80. The van der Waals surface area contributed by atoms with Gasteiger partial charge < -0.3 is 14.7 Å². The lowest BCUT2D eigenvalue weighted by Gasteiger charge is -2.17. The Bertz CT molecular complexity index is 685. The number of likely N-dealkylation sites (N-methyl/N-ethyl adjacent to an activating group) is 1. The van der Waals surface area contributed by atoms with E-state index in [9.17, 15) is 9.59 Å². The number of rotatable bonds is 8. The van der Waals surface area contributed by atoms with Gasteiger partial charge in [0.1, 0.15) is 5.75 Å². The number of benzene rings is 2. The first-order chi connectivity index (χ1) is 11.6. The molecule has 0 bridgehead atoms. The summed E-state index contributed by atoms with van der Waals surface area (Å²) in [7, 11) is 1.74. The number of nitrogens with zero attached hydrogens (tertiary/aromatic N) is 1. The van der Waals surface area contributed by atoms with Crippen molar-refractivity contribution in [3.8, 4) is 5.75 Å². The molecule has 0 unspecified atom stereocenters. The van der Waals surface area contributed by atoms with Crippen LogP contribution in [-0.4, -0.2) is 42.1 Å². The smallest absolute Gasteiger partial charge is 0.335 e. The van der Waals surface area contributed by atoms with Crippen LogP contribution in [0.3, 0.4) is 0 Å². The largest absolute Gasteiger partial charge is 0.494 e. The summed E-state index contributed by atoms with van der Waals surface area (Å²) in [4.78, 5) is 24.8. The molecule has 5 nitrogen and oxygen atoms in total. The molecule has 2 rings (SSSR count). The number of aromatic carboxylic acids is 1. The molecule has 0 aromatic heterocycles. The molecule has 0 fully saturated rings. The highest BCUT2D eigenvalue weighted by Crippen LogP contribution is 2.09. The van der Waals surface area contributed by atoms with Crippen LogP contribution >= 0.6 is 0 Å². The molecule has 24 heavy (non-hydrogen) atoms. The van der Waals surface area contributed by atoms with E-state index in [0.29, 0.717) is 18.7 Å². The fraction of sp³-hybridized carbons (Fsp3) is 0.263. The Balaban J connectivity index is 1.76. The molecule has 5 heteroatoms. The molecule has 2 aromatic rings. The van der Waals surface area contributed by atoms with Gasteiger partial charge in [0.15, 0.2) is 0 Å². The molecule has 0 aliphatic heterocycles. The van der Waals surface area contributed by atoms with Crippen molar-refractivity contribution >= 4 is 11.9 Å². The number of hydrogen-bond acceptors (Lipinski definition) is 3. The lowest BCUT2D eigenvalue weighted by Crippen LogP contribution is -2.30. The fourth-order valence-corrected chi connectivity index (χ4v) is 2.26. The first kappa shape index (κ1) is 17.5. The van der Waals surface area contributed by atoms with Gasteiger partial charge in [-0.05, 0) is 36.2 Å². The molecule has 0 radical (unpaired) electrons. The summed E-state index contributed by atoms with van der Waals surface area (Å²) in [6.07, 6.45) is 0.920. The third-order valence-corrected chi connectivity index (χ3v) is 3.60. The zero-order valence-electron chi connectivity index (χ0n) is 13.6. The maximum absolute atomic E-state index is 12.2. The van der Waals surface area contributed by atoms with Crippen LogP contribution in [-0.2, 0) is 11.2 Å². The predicted molar refractivity (Wildman–Crippen MR) is 91.3 cm³/mol. The van der Waals surface area contributed by atoms with E-state index in [1.807, 2.05) is 30.3 Å². The summed E-state index contributed by atoms with van der Waals surface area (Å²) in [6, 6.07) is 16.0. The van der Waals surface area contributed by atoms with E-state index in [4.69, 9.17) is 9.84 Å². The minimum absolute atomic E-state index is 0.0442. The van der Waals surface area contributed by atoms with Crippen LogP contribution in [0.4, 0.5) is 0 Å². The normalized spacial score (nSPS) is 10.2. The minimum Gasteiger partial charge on any atom is -0.494 e. The Hall–Kier alpha value is -2.82. The highest BCUT2D eigenvalue weighted by molar-refractivity contribution is 5.88. The molecule has 126 valence electrons. The van der Waals surface area contributed by atoms with E-state index in [1.165, 1.54) is 12.1 Å². The Morgan fingerprint density at radius 2 is 1.83 bits per heavy atom. The second-order valence-corrected chi connectivity index (χ2v) is 5.51. The number of amides is 1. The van der Waals surface area contributed by atoms with Crippen molar-refractivity contribution in [2.75, 3.05) is 20.2 Å². The topological polar surface area (TPSA) is 66.8 Å². The molecule has 0 saturated carbocycles. The number of para-hydroxylation sites is 1. The van der Waals surface area contributed by atoms with Crippen LogP contribution in [0.1, 0.15) is 22.3 Å². The zero-order chi connectivity index (χ0) is 17.4. The highest BCUT2D eigenvalue weighted by Gasteiger charge is 2.11. The van der Waals surface area contributed by atoms with Gasteiger partial charge in [-0.3, -0.25) is 4.79 Å². The Morgan fingerprint density at radius 3 is 2.54 bits per heavy atom. The third kappa shape index (κ3) is 5.43. The van der Waals surface area contributed by atoms with E-state index in [0.717, 1.165) is 12.2 Å². The van der Waals surface area contributed by atoms with Gasteiger partial charge >= 0.3 is 5.97 Å². The van der Waals surface area contributed by atoms with Crippen LogP contribution < -0.4 is 4.74 Å². The van der Waals surface area contributed by atoms with Crippen molar-refractivity contribution in [3.05, 3.63) is 65.7 Å². The van der Waals surface area contributed by atoms with Crippen molar-refractivity contribution in [1.29, 1.82) is 0 Å². The molecule has 0 spiro atoms. The maximum Gasteiger partial charge on any atom is 0.335 e. The Morgan fingerprint density at radius 1 is 1.08 bits per heavy atom. The number of carbonyl (C=O) groups is 2. The van der Waals surface area contributed by atoms with Gasteiger partial charge in [0, 0.05) is 13.6 Å². The van der Waals surface area contributed by atoms with Crippen molar-refractivity contribution < 1.29 is 19.4 Å². The second-order valence-electron chi connectivity index (χ2n) is 5.51. The van der Waals surface area contributed by atoms with Crippen molar-refractivity contribution in [1.82, 2.24) is 4.90 Å². The van der Waals surface area contributed by atoms with Crippen LogP contribution in [0.15, 0.2) is 54.6 Å². The standard InChI is InChI=1S/C19H21NO4/c1-20(11-6-12-24-17-9-3-2-4-10-17)18(21)14-15-7-5-8-16(13-15)19(22)23/h2-5,7-10,13H,6,11-12,14H2,1H3,(H,22,23). The Labute approximate surface area is 141 Å². The monoisotopic (exact) mass is 327 g/mol. The average molecular weight is 327 g/mol. The van der Waals surface area contributed by atoms with Crippen LogP contribution in [0.2, 0.25) is 0 Å². The van der Waals surface area contributed by atoms with E-state index >= 15 is 0 Å². The summed E-state index contributed by atoms with van der Waals surface area (Å²) >= 11 is 0. The van der Waals surface area contributed by atoms with E-state index in [1.54, 1.807) is 24.1 Å². The first-order valence-electron chi connectivity index (χ1n) is 7.80. The molecule has 0 saturated heterocycles. The van der Waals surface area contributed by atoms with Crippen molar-refractivity contribution in [2.45, 2.75) is 12.8 Å². The average Bonchev–Trinajstić information content (AvgIpc) is 2.59. The number of carbonyl (C=O) groups excluding carboxylic acids is 1. The summed E-state index contributed by atoms with van der Waals surface area (Å²) in [5, 5.41) is 8.98. The molecule has 0 aliphatic rings. The molecule has 0 atom stereocenters. The summed E-state index contributed by atoms with van der Waals surface area (Å²) < 4.78 is 5.59. The molecule has 1 N–H and O–H groups in total. The zero-order valence-corrected chi connectivity index (χ0v) is 13.6. The summed E-state index contributed by atoms with van der Waals surface area (Å²) in [5.74, 6) is -0.218. The Kier molecular flexibility index (Phi) is 6.37. The number of hydrogen-bond donors (Lipinski definition) is 1. The van der Waals surface area contributed by atoms with Crippen molar-refractivity contribution in [2.24, 2.45) is 0 Å². The SMILES string of the molecule is CN(CCCOc1ccccc1)C(=O)Cc1cccc(C(=O)O)c1. The van der Waals surface area contributed by atoms with Gasteiger partial charge in [0.2, 0.25) is 5.91 Å². The van der Waals surface area contributed by atoms with Gasteiger partial charge in [-0.25, -0.2) is 4.79 Å². The maximum atomic E-state index is 12.2. The molecule has 2 aromatic carbocycles. The lowest BCUT2D eigenvalue weighted by molar-refractivity contribution is -0.129. The highest BCUT2D eigenvalue weighted by atomic mass is 16.5. The summed E-state index contributed by atoms with van der Waals surface area (Å²) in [5.41, 5.74) is 0.895. The molecule has 0 heterocycles. The molecular weight excluding hydrogens is 306 g/mol. The van der Waals surface area contributed by atoms with Gasteiger partial charge in [-0.2, -0.15) is 0 Å². The number of ether oxygens (including phenoxy) is 1. The van der Waals surface area contributed by atoms with Gasteiger partial charge in [-0.1, -0.05) is 30.3 Å². The quantitative estimate of drug-likeness (QED) is 0.757. The van der Waals surface area contributed by atoms with E-state index < -0.39 is 5.97 Å². The van der Waals surface area contributed by atoms with Gasteiger partial charge in [-0.15, -0.1) is 0 Å². The van der Waals surface area contributed by atoms with E-state index in [2.05, 4.69) is 0 Å². The lowest BCUT2D eigenvalue weighted by atomic mass is 10.1. The minimum atomic E-state index is -0.990. The van der Waals surface area contributed by atoms with Gasteiger partial charge in [0.05, 0.1) is 18.6 Å². The van der Waals surface area contributed by atoms with Crippen LogP contribution in [0, 0.1) is 0 Å². The predicted octanol–water partition coefficient (Wildman–Crippen LogP) is 2.85. The molecule has 1 amide bonds. The fourth-order valence-electron chi connectivity index (χ4n) is 2.26. The number of carboxylic acid groups (broad SMARTS) is 1. The van der Waals surface area contributed by atoms with Crippen LogP contribution in [0.25, 0.3) is 0 Å². The summed E-state index contributed by atoms with van der Waals surface area (Å²) in [6.45, 7) is 1.13. The van der Waals surface area contributed by atoms with E-state index in [-0.39, 0.29) is 17.9 Å². The van der Waals surface area contributed by atoms with Crippen LogP contribution in [0.5, 0.6) is 5.75 Å².